The molecule has 9 heteroatoms. The number of nitrogens with zero attached hydrogens (tertiary/aromatic N) is 4. The number of pyridine rings is 1. The Morgan fingerprint density at radius 1 is 0.947 bits per heavy atom. The van der Waals surface area contributed by atoms with E-state index in [1.165, 1.54) is 23.4 Å². The van der Waals surface area contributed by atoms with Crippen LogP contribution in [0.1, 0.15) is 60.3 Å². The molecule has 0 saturated carbocycles. The van der Waals surface area contributed by atoms with Gasteiger partial charge in [-0.05, 0) is 62.3 Å². The molecule has 2 aromatic rings. The molecule has 2 N–H and O–H groups in total. The van der Waals surface area contributed by atoms with Crippen molar-refractivity contribution in [2.75, 3.05) is 37.6 Å². The van der Waals surface area contributed by atoms with Crippen LogP contribution in [0.4, 0.5) is 5.69 Å². The molecule has 0 spiro atoms. The summed E-state index contributed by atoms with van der Waals surface area (Å²) >= 11 is 0. The summed E-state index contributed by atoms with van der Waals surface area (Å²) in [5, 5.41) is 13.8. The zero-order chi connectivity index (χ0) is 26.3. The van der Waals surface area contributed by atoms with Gasteiger partial charge >= 0.3 is 0 Å². The van der Waals surface area contributed by atoms with Crippen molar-refractivity contribution in [3.63, 3.8) is 0 Å². The van der Waals surface area contributed by atoms with Gasteiger partial charge < -0.3 is 19.8 Å². The number of likely N-dealkylation sites (tertiary alicyclic amines) is 1. The smallest absolute Gasteiger partial charge is 0.256 e. The lowest BCUT2D eigenvalue weighted by atomic mass is 9.86. The molecule has 1 aromatic carbocycles. The van der Waals surface area contributed by atoms with Crippen molar-refractivity contribution >= 4 is 23.4 Å². The number of anilines is 1. The number of imide groups is 1. The van der Waals surface area contributed by atoms with Crippen molar-refractivity contribution in [2.24, 2.45) is 5.92 Å². The third-order valence-electron chi connectivity index (χ3n) is 8.78. The van der Waals surface area contributed by atoms with Crippen molar-refractivity contribution in [3.05, 3.63) is 59.4 Å². The van der Waals surface area contributed by atoms with Gasteiger partial charge in [0.1, 0.15) is 11.6 Å². The summed E-state index contributed by atoms with van der Waals surface area (Å²) in [4.78, 5) is 48.0. The molecular formula is C29H35N5O4. The van der Waals surface area contributed by atoms with E-state index in [-0.39, 0.29) is 24.8 Å². The lowest BCUT2D eigenvalue weighted by Gasteiger charge is -2.41. The largest absolute Gasteiger partial charge is 0.383 e. The molecule has 0 unspecified atom stereocenters. The molecule has 1 aromatic heterocycles. The van der Waals surface area contributed by atoms with Gasteiger partial charge in [0.25, 0.3) is 5.91 Å². The van der Waals surface area contributed by atoms with Crippen LogP contribution in [0, 0.1) is 5.92 Å². The molecule has 3 saturated heterocycles. The summed E-state index contributed by atoms with van der Waals surface area (Å²) in [7, 11) is 0. The zero-order valence-corrected chi connectivity index (χ0v) is 21.6. The number of rotatable bonds is 5. The van der Waals surface area contributed by atoms with Crippen molar-refractivity contribution < 1.29 is 19.5 Å². The van der Waals surface area contributed by atoms with Gasteiger partial charge in [-0.2, -0.15) is 0 Å². The van der Waals surface area contributed by atoms with E-state index in [0.29, 0.717) is 42.1 Å². The maximum atomic E-state index is 13.0. The molecule has 200 valence electrons. The third-order valence-corrected chi connectivity index (χ3v) is 8.78. The number of hydrogen-bond acceptors (Lipinski definition) is 7. The van der Waals surface area contributed by atoms with Crippen LogP contribution in [0.3, 0.4) is 0 Å². The predicted molar refractivity (Wildman–Crippen MR) is 141 cm³/mol. The van der Waals surface area contributed by atoms with Crippen LogP contribution in [0.25, 0.3) is 0 Å². The van der Waals surface area contributed by atoms with Crippen molar-refractivity contribution in [1.29, 1.82) is 0 Å². The fourth-order valence-corrected chi connectivity index (χ4v) is 6.43. The molecule has 3 fully saturated rings. The minimum absolute atomic E-state index is 0.220. The molecule has 4 aliphatic rings. The highest BCUT2D eigenvalue weighted by molar-refractivity contribution is 6.05. The highest BCUT2D eigenvalue weighted by Crippen LogP contribution is 2.35. The van der Waals surface area contributed by atoms with Gasteiger partial charge in [0.05, 0.1) is 23.5 Å². The second-order valence-corrected chi connectivity index (χ2v) is 11.2. The Morgan fingerprint density at radius 2 is 1.68 bits per heavy atom. The predicted octanol–water partition coefficient (Wildman–Crippen LogP) is 2.04. The van der Waals surface area contributed by atoms with Gasteiger partial charge in [0, 0.05) is 44.8 Å². The first-order valence-corrected chi connectivity index (χ1v) is 13.8. The number of para-hydroxylation sites is 1. The van der Waals surface area contributed by atoms with Crippen molar-refractivity contribution in [1.82, 2.24) is 20.1 Å². The van der Waals surface area contributed by atoms with Gasteiger partial charge in [0.2, 0.25) is 11.8 Å². The summed E-state index contributed by atoms with van der Waals surface area (Å²) in [5.41, 5.74) is 1.95. The van der Waals surface area contributed by atoms with Crippen molar-refractivity contribution in [3.8, 4) is 0 Å². The van der Waals surface area contributed by atoms with E-state index >= 15 is 0 Å². The molecule has 6 rings (SSSR count). The van der Waals surface area contributed by atoms with Crippen molar-refractivity contribution in [2.45, 2.75) is 56.7 Å². The van der Waals surface area contributed by atoms with Gasteiger partial charge in [-0.3, -0.25) is 24.7 Å². The van der Waals surface area contributed by atoms with E-state index in [2.05, 4.69) is 45.4 Å². The average molecular weight is 518 g/mol. The van der Waals surface area contributed by atoms with E-state index in [4.69, 9.17) is 4.98 Å². The van der Waals surface area contributed by atoms with Crippen LogP contribution in [0.15, 0.2) is 42.5 Å². The highest BCUT2D eigenvalue weighted by atomic mass is 16.3. The molecule has 0 aliphatic carbocycles. The standard InChI is InChI=1S/C29H35N5O4/c35-26-9-7-24(27(36)31-26)34-19-23-22(28(34)37)6-8-25(30-23)29(38)12-16-32(17-13-29)18-20-10-14-33(15-11-20)21-4-2-1-3-5-21/h1-6,8,20,24,38H,7,9-19H2,(H,31,35,36)/t24-/m0/s1. The maximum absolute atomic E-state index is 13.0. The van der Waals surface area contributed by atoms with E-state index in [1.807, 2.05) is 0 Å². The topological polar surface area (TPSA) is 106 Å². The summed E-state index contributed by atoms with van der Waals surface area (Å²) in [6.45, 7) is 5.08. The monoisotopic (exact) mass is 517 g/mol. The molecule has 1 atom stereocenters. The molecule has 38 heavy (non-hydrogen) atoms. The fraction of sp³-hybridized carbons (Fsp3) is 0.517. The van der Waals surface area contributed by atoms with Gasteiger partial charge in [0.15, 0.2) is 0 Å². The quantitative estimate of drug-likeness (QED) is 0.585. The number of piperidine rings is 3. The number of carbonyl (C=O) groups excluding carboxylic acids is 3. The SMILES string of the molecule is O=C1CC[C@H](N2Cc3nc(C4(O)CCN(CC5CCN(c6ccccc6)CC5)CC4)ccc3C2=O)C(=O)N1. The summed E-state index contributed by atoms with van der Waals surface area (Å²) in [6.07, 6.45) is 4.11. The van der Waals surface area contributed by atoms with Gasteiger partial charge in [-0.25, -0.2) is 0 Å². The number of nitrogens with one attached hydrogen (secondary N) is 1. The first kappa shape index (κ1) is 25.0. The van der Waals surface area contributed by atoms with Crippen LogP contribution >= 0.6 is 0 Å². The van der Waals surface area contributed by atoms with E-state index in [1.54, 1.807) is 12.1 Å². The summed E-state index contributed by atoms with van der Waals surface area (Å²) < 4.78 is 0. The minimum Gasteiger partial charge on any atom is -0.383 e. The number of hydrogen-bond donors (Lipinski definition) is 2. The maximum Gasteiger partial charge on any atom is 0.256 e. The Kier molecular flexibility index (Phi) is 6.65. The molecule has 3 amide bonds. The first-order chi connectivity index (χ1) is 18.4. The Hall–Kier alpha value is -3.30. The van der Waals surface area contributed by atoms with Crippen LogP contribution in [-0.4, -0.2) is 76.4 Å². The Labute approximate surface area is 222 Å². The highest BCUT2D eigenvalue weighted by Gasteiger charge is 2.42. The Morgan fingerprint density at radius 3 is 2.39 bits per heavy atom. The number of aliphatic hydroxyl groups is 1. The van der Waals surface area contributed by atoms with Crippen LogP contribution in [-0.2, 0) is 21.7 Å². The van der Waals surface area contributed by atoms with Gasteiger partial charge in [-0.15, -0.1) is 0 Å². The van der Waals surface area contributed by atoms with E-state index < -0.39 is 17.6 Å². The molecule has 9 nitrogen and oxygen atoms in total. The number of benzene rings is 1. The second-order valence-electron chi connectivity index (χ2n) is 11.2. The zero-order valence-electron chi connectivity index (χ0n) is 21.6. The lowest BCUT2D eigenvalue weighted by molar-refractivity contribution is -0.136. The molecule has 5 heterocycles. The third kappa shape index (κ3) is 4.80. The molecular weight excluding hydrogens is 482 g/mol. The van der Waals surface area contributed by atoms with Gasteiger partial charge in [-0.1, -0.05) is 18.2 Å². The molecule has 0 bridgehead atoms. The minimum atomic E-state index is -1.02. The normalized spacial score (nSPS) is 24.4. The number of carbonyl (C=O) groups is 3. The summed E-state index contributed by atoms with van der Waals surface area (Å²) in [5.74, 6) is -0.307. The second kappa shape index (κ2) is 10.1. The number of aromatic nitrogens is 1. The van der Waals surface area contributed by atoms with E-state index in [0.717, 1.165) is 32.7 Å². The summed E-state index contributed by atoms with van der Waals surface area (Å²) in [6, 6.07) is 13.4. The Balaban J connectivity index is 1.04. The van der Waals surface area contributed by atoms with E-state index in [9.17, 15) is 19.5 Å². The first-order valence-electron chi connectivity index (χ1n) is 13.8. The van der Waals surface area contributed by atoms with Crippen LogP contribution < -0.4 is 10.2 Å². The Bertz CT molecular complexity index is 1220. The fourth-order valence-electron chi connectivity index (χ4n) is 6.43. The average Bonchev–Trinajstić information content (AvgIpc) is 3.26. The van der Waals surface area contributed by atoms with Crippen LogP contribution in [0.5, 0.6) is 0 Å². The molecule has 0 radical (unpaired) electrons. The number of amides is 3. The molecule has 4 aliphatic heterocycles. The lowest BCUT2D eigenvalue weighted by Crippen LogP contribution is -2.52. The van der Waals surface area contributed by atoms with Crippen LogP contribution in [0.2, 0.25) is 0 Å². The number of fused-ring (bicyclic) bond motifs is 1.